The monoisotopic (exact) mass is 366 g/mol. The molecule has 0 radical (unpaired) electrons. The van der Waals surface area contributed by atoms with Crippen molar-refractivity contribution in [3.8, 4) is 11.1 Å². The van der Waals surface area contributed by atoms with Gasteiger partial charge in [-0.05, 0) is 55.5 Å². The summed E-state index contributed by atoms with van der Waals surface area (Å²) in [6, 6.07) is 9.21. The lowest BCUT2D eigenvalue weighted by molar-refractivity contribution is 0.373. The van der Waals surface area contributed by atoms with E-state index in [-0.39, 0.29) is 22.5 Å². The molecule has 0 amide bonds. The van der Waals surface area contributed by atoms with Crippen LogP contribution in [-0.4, -0.2) is 20.5 Å². The van der Waals surface area contributed by atoms with E-state index in [9.17, 15) is 17.2 Å². The third-order valence-electron chi connectivity index (χ3n) is 4.50. The minimum absolute atomic E-state index is 0.112. The van der Waals surface area contributed by atoms with Crippen molar-refractivity contribution in [3.05, 3.63) is 54.1 Å². The lowest BCUT2D eigenvalue weighted by Gasteiger charge is -2.26. The van der Waals surface area contributed by atoms with Crippen molar-refractivity contribution in [1.29, 1.82) is 0 Å². The Labute approximate surface area is 146 Å². The van der Waals surface area contributed by atoms with Crippen LogP contribution in [0.5, 0.6) is 0 Å². The first kappa shape index (κ1) is 18.0. The van der Waals surface area contributed by atoms with Crippen molar-refractivity contribution >= 4 is 10.0 Å². The Kier molecular flexibility index (Phi) is 5.17. The van der Waals surface area contributed by atoms with Gasteiger partial charge in [0, 0.05) is 23.7 Å². The summed E-state index contributed by atoms with van der Waals surface area (Å²) < 4.78 is 54.5. The van der Waals surface area contributed by atoms with Crippen LogP contribution >= 0.6 is 0 Å². The number of nitrogens with two attached hydrogens (primary N) is 1. The SMILES string of the molecule is N[C@H]1CC[C@H](NS(=O)(=O)c2ccc(-c3ccc(F)cc3F)cc2)CC1. The zero-order valence-electron chi connectivity index (χ0n) is 13.6. The van der Waals surface area contributed by atoms with Gasteiger partial charge in [0.2, 0.25) is 10.0 Å². The van der Waals surface area contributed by atoms with Gasteiger partial charge in [-0.2, -0.15) is 0 Å². The Bertz CT molecular complexity index is 846. The van der Waals surface area contributed by atoms with E-state index in [1.807, 2.05) is 0 Å². The van der Waals surface area contributed by atoms with Crippen LogP contribution in [0.1, 0.15) is 25.7 Å². The molecular weight excluding hydrogens is 346 g/mol. The number of benzene rings is 2. The molecule has 1 fully saturated rings. The molecule has 25 heavy (non-hydrogen) atoms. The van der Waals surface area contributed by atoms with E-state index in [0.717, 1.165) is 31.7 Å². The van der Waals surface area contributed by atoms with E-state index in [2.05, 4.69) is 4.72 Å². The largest absolute Gasteiger partial charge is 0.328 e. The molecule has 4 nitrogen and oxygen atoms in total. The maximum Gasteiger partial charge on any atom is 0.240 e. The number of halogens is 2. The van der Waals surface area contributed by atoms with Crippen molar-refractivity contribution in [3.63, 3.8) is 0 Å². The van der Waals surface area contributed by atoms with Crippen LogP contribution in [0.15, 0.2) is 47.4 Å². The van der Waals surface area contributed by atoms with Crippen LogP contribution in [0.2, 0.25) is 0 Å². The predicted molar refractivity (Wildman–Crippen MR) is 92.3 cm³/mol. The number of hydrogen-bond acceptors (Lipinski definition) is 3. The van der Waals surface area contributed by atoms with Gasteiger partial charge in [0.25, 0.3) is 0 Å². The van der Waals surface area contributed by atoms with Crippen molar-refractivity contribution in [2.24, 2.45) is 5.73 Å². The average molecular weight is 366 g/mol. The third kappa shape index (κ3) is 4.23. The van der Waals surface area contributed by atoms with Crippen LogP contribution in [0.4, 0.5) is 8.78 Å². The zero-order chi connectivity index (χ0) is 18.0. The summed E-state index contributed by atoms with van der Waals surface area (Å²) in [5, 5.41) is 0. The number of nitrogens with one attached hydrogen (secondary N) is 1. The Morgan fingerprint density at radius 3 is 2.20 bits per heavy atom. The van der Waals surface area contributed by atoms with Gasteiger partial charge < -0.3 is 5.73 Å². The van der Waals surface area contributed by atoms with Crippen molar-refractivity contribution in [2.45, 2.75) is 42.7 Å². The molecule has 1 aliphatic rings. The maximum absolute atomic E-state index is 13.8. The second-order valence-electron chi connectivity index (χ2n) is 6.38. The molecule has 1 saturated carbocycles. The Morgan fingerprint density at radius 2 is 1.60 bits per heavy atom. The van der Waals surface area contributed by atoms with Gasteiger partial charge in [0.15, 0.2) is 0 Å². The molecule has 0 unspecified atom stereocenters. The first-order valence-corrected chi connectivity index (χ1v) is 9.67. The molecule has 0 bridgehead atoms. The lowest BCUT2D eigenvalue weighted by Crippen LogP contribution is -2.40. The molecule has 2 aromatic rings. The van der Waals surface area contributed by atoms with Gasteiger partial charge in [-0.25, -0.2) is 21.9 Å². The molecule has 2 aromatic carbocycles. The van der Waals surface area contributed by atoms with Gasteiger partial charge in [-0.15, -0.1) is 0 Å². The van der Waals surface area contributed by atoms with Gasteiger partial charge in [-0.1, -0.05) is 12.1 Å². The van der Waals surface area contributed by atoms with E-state index < -0.39 is 21.7 Å². The average Bonchev–Trinajstić information content (AvgIpc) is 2.57. The summed E-state index contributed by atoms with van der Waals surface area (Å²) in [7, 11) is -3.64. The molecule has 0 atom stereocenters. The molecular formula is C18H20F2N2O2S. The number of rotatable bonds is 4. The summed E-state index contributed by atoms with van der Waals surface area (Å²) in [4.78, 5) is 0.119. The van der Waals surface area contributed by atoms with Crippen LogP contribution in [0.25, 0.3) is 11.1 Å². The zero-order valence-corrected chi connectivity index (χ0v) is 14.4. The van der Waals surface area contributed by atoms with Crippen molar-refractivity contribution in [2.75, 3.05) is 0 Å². The molecule has 0 heterocycles. The Morgan fingerprint density at radius 1 is 0.960 bits per heavy atom. The van der Waals surface area contributed by atoms with Gasteiger partial charge in [0.05, 0.1) is 4.90 Å². The summed E-state index contributed by atoms with van der Waals surface area (Å²) in [6.45, 7) is 0. The Balaban J connectivity index is 1.77. The smallest absolute Gasteiger partial charge is 0.240 e. The molecule has 134 valence electrons. The normalized spacial score (nSPS) is 21.2. The third-order valence-corrected chi connectivity index (χ3v) is 6.04. The standard InChI is InChI=1S/C18H20F2N2O2S/c19-13-3-10-17(18(20)11-13)12-1-8-16(9-2-12)25(23,24)22-15-6-4-14(21)5-7-15/h1-3,8-11,14-15,22H,4-7,21H2/t14-,15-. The quantitative estimate of drug-likeness (QED) is 0.873. The number of sulfonamides is 1. The molecule has 0 spiro atoms. The summed E-state index contributed by atoms with van der Waals surface area (Å²) in [6.07, 6.45) is 3.05. The fourth-order valence-electron chi connectivity index (χ4n) is 3.06. The van der Waals surface area contributed by atoms with Crippen LogP contribution in [-0.2, 0) is 10.0 Å². The fourth-order valence-corrected chi connectivity index (χ4v) is 4.37. The minimum atomic E-state index is -3.64. The van der Waals surface area contributed by atoms with E-state index in [0.29, 0.717) is 5.56 Å². The molecule has 3 N–H and O–H groups in total. The molecule has 0 saturated heterocycles. The van der Waals surface area contributed by atoms with Gasteiger partial charge in [-0.3, -0.25) is 0 Å². The minimum Gasteiger partial charge on any atom is -0.328 e. The predicted octanol–water partition coefficient (Wildman–Crippen LogP) is 3.18. The number of hydrogen-bond donors (Lipinski definition) is 2. The molecule has 0 aliphatic heterocycles. The highest BCUT2D eigenvalue weighted by Gasteiger charge is 2.24. The van der Waals surface area contributed by atoms with E-state index in [1.165, 1.54) is 36.4 Å². The van der Waals surface area contributed by atoms with Gasteiger partial charge in [0.1, 0.15) is 11.6 Å². The van der Waals surface area contributed by atoms with Crippen molar-refractivity contribution < 1.29 is 17.2 Å². The summed E-state index contributed by atoms with van der Waals surface area (Å²) in [5.41, 5.74) is 6.54. The fraction of sp³-hybridized carbons (Fsp3) is 0.333. The Hall–Kier alpha value is -1.83. The molecule has 0 aromatic heterocycles. The van der Waals surface area contributed by atoms with Crippen LogP contribution in [0.3, 0.4) is 0 Å². The summed E-state index contributed by atoms with van der Waals surface area (Å²) >= 11 is 0. The lowest BCUT2D eigenvalue weighted by atomic mass is 9.93. The van der Waals surface area contributed by atoms with E-state index in [1.54, 1.807) is 0 Å². The van der Waals surface area contributed by atoms with Crippen LogP contribution in [0, 0.1) is 11.6 Å². The first-order valence-electron chi connectivity index (χ1n) is 8.18. The molecule has 7 heteroatoms. The maximum atomic E-state index is 13.8. The molecule has 3 rings (SSSR count). The first-order chi connectivity index (χ1) is 11.8. The van der Waals surface area contributed by atoms with Crippen LogP contribution < -0.4 is 10.5 Å². The van der Waals surface area contributed by atoms with Gasteiger partial charge >= 0.3 is 0 Å². The highest BCUT2D eigenvalue weighted by molar-refractivity contribution is 7.89. The summed E-state index contributed by atoms with van der Waals surface area (Å²) in [5.74, 6) is -1.34. The van der Waals surface area contributed by atoms with E-state index in [4.69, 9.17) is 5.73 Å². The second-order valence-corrected chi connectivity index (χ2v) is 8.10. The highest BCUT2D eigenvalue weighted by Crippen LogP contribution is 2.25. The highest BCUT2D eigenvalue weighted by atomic mass is 32.2. The second kappa shape index (κ2) is 7.19. The topological polar surface area (TPSA) is 72.2 Å². The van der Waals surface area contributed by atoms with E-state index >= 15 is 0 Å². The molecule has 1 aliphatic carbocycles. The van der Waals surface area contributed by atoms with Crippen molar-refractivity contribution in [1.82, 2.24) is 4.72 Å².